The predicted octanol–water partition coefficient (Wildman–Crippen LogP) is 1.85. The molecule has 34 heavy (non-hydrogen) atoms. The molecule has 0 spiro atoms. The lowest BCUT2D eigenvalue weighted by atomic mass is 9.45. The third-order valence-electron chi connectivity index (χ3n) is 10.5. The lowest BCUT2D eigenvalue weighted by molar-refractivity contribution is -0.177. The molecular weight excluding hydrogens is 436 g/mol. The maximum Gasteiger partial charge on any atom is 0.159 e. The number of aliphatic hydroxyl groups excluding tert-OH is 3. The summed E-state index contributed by atoms with van der Waals surface area (Å²) in [7, 11) is 0. The maximum absolute atomic E-state index is 13.2. The van der Waals surface area contributed by atoms with E-state index in [0.29, 0.717) is 44.1 Å². The summed E-state index contributed by atoms with van der Waals surface area (Å²) in [6.07, 6.45) is 2.11. The Balaban J connectivity index is 1.66. The molecule has 4 aliphatic rings. The quantitative estimate of drug-likeness (QED) is 0.353. The third-order valence-corrected chi connectivity index (χ3v) is 10.5. The first kappa shape index (κ1) is 26.2. The highest BCUT2D eigenvalue weighted by molar-refractivity contribution is 5.95. The van der Waals surface area contributed by atoms with Crippen LogP contribution in [-0.4, -0.2) is 71.5 Å². The highest BCUT2D eigenvalue weighted by Crippen LogP contribution is 2.68. The van der Waals surface area contributed by atoms with Crippen molar-refractivity contribution in [3.05, 3.63) is 11.6 Å². The van der Waals surface area contributed by atoms with Crippen LogP contribution >= 0.6 is 0 Å². The molecule has 6 N–H and O–H groups in total. The van der Waals surface area contributed by atoms with Gasteiger partial charge in [-0.1, -0.05) is 13.8 Å². The maximum atomic E-state index is 13.2. The largest absolute Gasteiger partial charge is 0.390 e. The smallest absolute Gasteiger partial charge is 0.159 e. The Morgan fingerprint density at radius 2 is 1.71 bits per heavy atom. The molecule has 0 aromatic heterocycles. The highest BCUT2D eigenvalue weighted by atomic mass is 16.3. The number of carbonyl (C=O) groups excluding carboxylic acids is 1. The van der Waals surface area contributed by atoms with Crippen LogP contribution in [0.25, 0.3) is 0 Å². The van der Waals surface area contributed by atoms with E-state index in [1.54, 1.807) is 26.8 Å². The SMILES string of the molecule is CC(C)(O)CC[C@@H](O)[C@](C)(O)[C@H]1CC[C@@]2(O)C3=CC(=O)[C@H]4C[C@@H](O)[C@@H](O)C[C@]4(C)[C@@H]3CC[C@@]12C. The third kappa shape index (κ3) is 3.73. The summed E-state index contributed by atoms with van der Waals surface area (Å²) >= 11 is 0. The van der Waals surface area contributed by atoms with Gasteiger partial charge in [-0.05, 0) is 101 Å². The van der Waals surface area contributed by atoms with Crippen molar-refractivity contribution in [3.63, 3.8) is 0 Å². The van der Waals surface area contributed by atoms with E-state index < -0.39 is 45.9 Å². The molecule has 3 saturated carbocycles. The van der Waals surface area contributed by atoms with E-state index in [2.05, 4.69) is 0 Å². The molecule has 4 aliphatic carbocycles. The summed E-state index contributed by atoms with van der Waals surface area (Å²) in [6.45, 7) is 8.96. The number of fused-ring (bicyclic) bond motifs is 5. The van der Waals surface area contributed by atoms with Gasteiger partial charge in [0.1, 0.15) is 0 Å². The summed E-state index contributed by atoms with van der Waals surface area (Å²) in [5.41, 5.74) is -4.27. The van der Waals surface area contributed by atoms with Crippen molar-refractivity contribution < 1.29 is 35.4 Å². The van der Waals surface area contributed by atoms with Gasteiger partial charge in [-0.3, -0.25) is 4.79 Å². The van der Waals surface area contributed by atoms with Crippen molar-refractivity contribution in [1.82, 2.24) is 0 Å². The van der Waals surface area contributed by atoms with E-state index in [1.807, 2.05) is 13.8 Å². The van der Waals surface area contributed by atoms with Crippen molar-refractivity contribution in [2.45, 2.75) is 121 Å². The van der Waals surface area contributed by atoms with E-state index in [1.165, 1.54) is 0 Å². The molecule has 0 saturated heterocycles. The van der Waals surface area contributed by atoms with Gasteiger partial charge in [-0.15, -0.1) is 0 Å². The number of ketones is 1. The fourth-order valence-corrected chi connectivity index (χ4v) is 8.32. The Hall–Kier alpha value is -0.830. The molecule has 7 heteroatoms. The molecule has 0 unspecified atom stereocenters. The minimum Gasteiger partial charge on any atom is -0.390 e. The fourth-order valence-electron chi connectivity index (χ4n) is 8.32. The molecule has 3 fully saturated rings. The summed E-state index contributed by atoms with van der Waals surface area (Å²) in [4.78, 5) is 13.2. The van der Waals surface area contributed by atoms with Gasteiger partial charge in [0.15, 0.2) is 5.78 Å². The number of rotatable bonds is 5. The van der Waals surface area contributed by atoms with Gasteiger partial charge in [0.05, 0.1) is 35.1 Å². The van der Waals surface area contributed by atoms with Crippen LogP contribution in [0.3, 0.4) is 0 Å². The normalized spacial score (nSPS) is 47.2. The van der Waals surface area contributed by atoms with Crippen LogP contribution in [0.4, 0.5) is 0 Å². The zero-order valence-corrected chi connectivity index (χ0v) is 21.3. The lowest BCUT2D eigenvalue weighted by Crippen LogP contribution is -2.62. The first-order valence-corrected chi connectivity index (χ1v) is 12.9. The lowest BCUT2D eigenvalue weighted by Gasteiger charge is -2.60. The van der Waals surface area contributed by atoms with Gasteiger partial charge in [-0.2, -0.15) is 0 Å². The van der Waals surface area contributed by atoms with Crippen LogP contribution in [-0.2, 0) is 4.79 Å². The van der Waals surface area contributed by atoms with Gasteiger partial charge >= 0.3 is 0 Å². The molecule has 10 atom stereocenters. The van der Waals surface area contributed by atoms with Crippen LogP contribution < -0.4 is 0 Å². The van der Waals surface area contributed by atoms with Crippen molar-refractivity contribution in [2.75, 3.05) is 0 Å². The summed E-state index contributed by atoms with van der Waals surface area (Å²) in [6, 6.07) is 0. The van der Waals surface area contributed by atoms with Crippen molar-refractivity contribution in [3.8, 4) is 0 Å². The van der Waals surface area contributed by atoms with Gasteiger partial charge in [0, 0.05) is 11.3 Å². The molecule has 194 valence electrons. The Morgan fingerprint density at radius 3 is 2.32 bits per heavy atom. The van der Waals surface area contributed by atoms with Crippen LogP contribution in [0, 0.1) is 28.6 Å². The Labute approximate surface area is 202 Å². The van der Waals surface area contributed by atoms with E-state index in [0.717, 1.165) is 0 Å². The standard InChI is InChI=1S/C27H44O7/c1-23(2,32)9-8-22(31)26(5,33)21-7-11-27(34)16-12-18(28)17-13-19(29)20(30)14-24(17,3)15(16)6-10-25(21,27)4/h12,15,17,19-22,29-34H,6-11,13-14H2,1-5H3/t15-,17-,19-,20+,21+,22-,24-,25+,26-,27-/m1/s1. The van der Waals surface area contributed by atoms with Crippen LogP contribution in [0.2, 0.25) is 0 Å². The van der Waals surface area contributed by atoms with Crippen LogP contribution in [0.5, 0.6) is 0 Å². The minimum absolute atomic E-state index is 0.0840. The van der Waals surface area contributed by atoms with Gasteiger partial charge in [0.2, 0.25) is 0 Å². The zero-order chi connectivity index (χ0) is 25.5. The van der Waals surface area contributed by atoms with Gasteiger partial charge in [0.25, 0.3) is 0 Å². The number of hydrogen-bond acceptors (Lipinski definition) is 7. The van der Waals surface area contributed by atoms with Gasteiger partial charge < -0.3 is 30.6 Å². The molecule has 4 rings (SSSR count). The van der Waals surface area contributed by atoms with Crippen molar-refractivity contribution >= 4 is 5.78 Å². The number of hydrogen-bond donors (Lipinski definition) is 6. The first-order chi connectivity index (χ1) is 15.5. The van der Waals surface area contributed by atoms with Crippen molar-refractivity contribution in [1.29, 1.82) is 0 Å². The molecule has 0 heterocycles. The Bertz CT molecular complexity index is 860. The van der Waals surface area contributed by atoms with E-state index >= 15 is 0 Å². The molecule has 0 amide bonds. The van der Waals surface area contributed by atoms with E-state index in [9.17, 15) is 35.4 Å². The minimum atomic E-state index is -1.46. The monoisotopic (exact) mass is 480 g/mol. The second-order valence-corrected chi connectivity index (χ2v) is 13.2. The topological polar surface area (TPSA) is 138 Å². The molecule has 7 nitrogen and oxygen atoms in total. The Morgan fingerprint density at radius 1 is 1.06 bits per heavy atom. The molecule has 0 aliphatic heterocycles. The second-order valence-electron chi connectivity index (χ2n) is 13.2. The average Bonchev–Trinajstić information content (AvgIpc) is 3.00. The number of allylic oxidation sites excluding steroid dienone is 1. The summed E-state index contributed by atoms with van der Waals surface area (Å²) in [5.74, 6) is -0.948. The first-order valence-electron chi connectivity index (χ1n) is 12.9. The molecular formula is C27H44O7. The summed E-state index contributed by atoms with van der Waals surface area (Å²) < 4.78 is 0. The van der Waals surface area contributed by atoms with Crippen LogP contribution in [0.1, 0.15) is 86.0 Å². The summed E-state index contributed by atoms with van der Waals surface area (Å²) in [5, 5.41) is 65.5. The van der Waals surface area contributed by atoms with E-state index in [4.69, 9.17) is 0 Å². The van der Waals surface area contributed by atoms with Crippen LogP contribution in [0.15, 0.2) is 11.6 Å². The fraction of sp³-hybridized carbons (Fsp3) is 0.889. The Kier molecular flexibility index (Phi) is 6.24. The zero-order valence-electron chi connectivity index (χ0n) is 21.3. The van der Waals surface area contributed by atoms with Gasteiger partial charge in [-0.25, -0.2) is 0 Å². The predicted molar refractivity (Wildman–Crippen MR) is 127 cm³/mol. The second kappa shape index (κ2) is 8.09. The average molecular weight is 481 g/mol. The van der Waals surface area contributed by atoms with Crippen molar-refractivity contribution in [2.24, 2.45) is 28.6 Å². The van der Waals surface area contributed by atoms with E-state index in [-0.39, 0.29) is 36.4 Å². The molecule has 0 aromatic rings. The molecule has 0 aromatic carbocycles. The highest BCUT2D eigenvalue weighted by Gasteiger charge is 2.69. The molecule has 0 bridgehead atoms. The molecule has 0 radical (unpaired) electrons. The number of carbonyl (C=O) groups is 1. The number of aliphatic hydroxyl groups is 6.